The van der Waals surface area contributed by atoms with Gasteiger partial charge in [-0.05, 0) is 48.6 Å². The number of hydrogen-bond acceptors (Lipinski definition) is 7. The highest BCUT2D eigenvalue weighted by atomic mass is 16.6. The summed E-state index contributed by atoms with van der Waals surface area (Å²) in [6, 6.07) is 10.6. The molecule has 0 saturated carbocycles. The highest BCUT2D eigenvalue weighted by molar-refractivity contribution is 6.45. The zero-order valence-electron chi connectivity index (χ0n) is 18.7. The molecule has 1 unspecified atom stereocenters. The number of methoxy groups -OCH3 is 2. The van der Waals surface area contributed by atoms with Gasteiger partial charge < -0.3 is 14.4 Å². The molecule has 2 aliphatic rings. The van der Waals surface area contributed by atoms with Crippen molar-refractivity contribution in [3.63, 3.8) is 0 Å². The first-order valence-electron chi connectivity index (χ1n) is 10.7. The van der Waals surface area contributed by atoms with Crippen LogP contribution in [0.25, 0.3) is 5.57 Å². The van der Waals surface area contributed by atoms with Crippen molar-refractivity contribution in [2.24, 2.45) is 5.92 Å². The van der Waals surface area contributed by atoms with Crippen LogP contribution in [0.3, 0.4) is 0 Å². The molecule has 1 fully saturated rings. The number of piperidine rings is 1. The Morgan fingerprint density at radius 2 is 1.76 bits per heavy atom. The number of rotatable bonds is 6. The summed E-state index contributed by atoms with van der Waals surface area (Å²) in [5.41, 5.74) is 1.19. The van der Waals surface area contributed by atoms with E-state index in [-0.39, 0.29) is 16.9 Å². The molecule has 172 valence electrons. The first kappa shape index (κ1) is 22.3. The number of ether oxygens (including phenoxy) is 2. The molecule has 2 aromatic rings. The van der Waals surface area contributed by atoms with Gasteiger partial charge in [-0.3, -0.25) is 19.7 Å². The average molecular weight is 451 g/mol. The Morgan fingerprint density at radius 3 is 2.36 bits per heavy atom. The summed E-state index contributed by atoms with van der Waals surface area (Å²) in [6.45, 7) is 3.41. The summed E-state index contributed by atoms with van der Waals surface area (Å²) in [5, 5.41) is 11.1. The number of nitrogens with zero attached hydrogens (tertiary/aromatic N) is 3. The Kier molecular flexibility index (Phi) is 6.04. The topological polar surface area (TPSA) is 102 Å². The zero-order chi connectivity index (χ0) is 23.7. The quantitative estimate of drug-likeness (QED) is 0.375. The molecule has 0 aliphatic carbocycles. The molecule has 0 N–H and O–H groups in total. The number of likely N-dealkylation sites (tertiary alicyclic amines) is 1. The van der Waals surface area contributed by atoms with Gasteiger partial charge in [0.05, 0.1) is 30.4 Å². The number of imide groups is 1. The van der Waals surface area contributed by atoms with E-state index >= 15 is 0 Å². The smallest absolute Gasteiger partial charge is 0.282 e. The fourth-order valence-corrected chi connectivity index (χ4v) is 4.40. The largest absolute Gasteiger partial charge is 0.497 e. The van der Waals surface area contributed by atoms with E-state index in [1.54, 1.807) is 18.2 Å². The Balaban J connectivity index is 1.85. The van der Waals surface area contributed by atoms with Crippen LogP contribution in [0.15, 0.2) is 48.2 Å². The minimum Gasteiger partial charge on any atom is -0.497 e. The third-order valence-corrected chi connectivity index (χ3v) is 6.03. The summed E-state index contributed by atoms with van der Waals surface area (Å²) < 4.78 is 10.7. The van der Waals surface area contributed by atoms with Gasteiger partial charge in [-0.1, -0.05) is 6.92 Å². The van der Waals surface area contributed by atoms with E-state index in [1.165, 1.54) is 38.5 Å². The molecular formula is C24H25N3O6. The van der Waals surface area contributed by atoms with Crippen LogP contribution in [0, 0.1) is 16.0 Å². The van der Waals surface area contributed by atoms with Gasteiger partial charge in [-0.25, -0.2) is 4.90 Å². The third kappa shape index (κ3) is 4.02. The Morgan fingerprint density at radius 1 is 1.03 bits per heavy atom. The van der Waals surface area contributed by atoms with Gasteiger partial charge >= 0.3 is 0 Å². The van der Waals surface area contributed by atoms with E-state index in [9.17, 15) is 19.7 Å². The second-order valence-corrected chi connectivity index (χ2v) is 8.20. The number of amides is 2. The van der Waals surface area contributed by atoms with Crippen LogP contribution in [0.5, 0.6) is 11.5 Å². The van der Waals surface area contributed by atoms with Gasteiger partial charge in [-0.2, -0.15) is 0 Å². The molecule has 2 aliphatic heterocycles. The number of hydrogen-bond donors (Lipinski definition) is 0. The van der Waals surface area contributed by atoms with Crippen LogP contribution in [-0.4, -0.2) is 48.9 Å². The van der Waals surface area contributed by atoms with Gasteiger partial charge in [0.25, 0.3) is 17.5 Å². The highest BCUT2D eigenvalue weighted by Gasteiger charge is 2.44. The maximum Gasteiger partial charge on any atom is 0.282 e. The van der Waals surface area contributed by atoms with E-state index in [1.807, 2.05) is 4.90 Å². The number of carbonyl (C=O) groups is 2. The molecule has 33 heavy (non-hydrogen) atoms. The zero-order valence-corrected chi connectivity index (χ0v) is 18.7. The molecule has 0 aromatic heterocycles. The van der Waals surface area contributed by atoms with Crippen molar-refractivity contribution in [3.8, 4) is 11.5 Å². The van der Waals surface area contributed by atoms with Crippen molar-refractivity contribution in [3.05, 3.63) is 63.8 Å². The van der Waals surface area contributed by atoms with Crippen molar-refractivity contribution in [1.29, 1.82) is 0 Å². The van der Waals surface area contributed by atoms with E-state index in [4.69, 9.17) is 9.47 Å². The van der Waals surface area contributed by atoms with Crippen molar-refractivity contribution >= 4 is 28.8 Å². The number of nitro groups is 1. The minimum absolute atomic E-state index is 0.0874. The number of benzene rings is 2. The first-order chi connectivity index (χ1) is 15.8. The Hall–Kier alpha value is -3.88. The summed E-state index contributed by atoms with van der Waals surface area (Å²) in [6.07, 6.45) is 1.95. The molecule has 4 rings (SSSR count). The predicted octanol–water partition coefficient (Wildman–Crippen LogP) is 3.63. The maximum absolute atomic E-state index is 13.7. The van der Waals surface area contributed by atoms with Crippen LogP contribution >= 0.6 is 0 Å². The molecule has 0 radical (unpaired) electrons. The average Bonchev–Trinajstić information content (AvgIpc) is 3.08. The Bertz CT molecular complexity index is 1140. The maximum atomic E-state index is 13.7. The predicted molar refractivity (Wildman–Crippen MR) is 122 cm³/mol. The lowest BCUT2D eigenvalue weighted by Gasteiger charge is -2.33. The summed E-state index contributed by atoms with van der Waals surface area (Å²) in [4.78, 5) is 41.1. The van der Waals surface area contributed by atoms with Crippen molar-refractivity contribution in [2.45, 2.75) is 19.8 Å². The Labute approximate surface area is 191 Å². The van der Waals surface area contributed by atoms with Crippen molar-refractivity contribution in [2.75, 3.05) is 32.2 Å². The van der Waals surface area contributed by atoms with Crippen LogP contribution < -0.4 is 14.4 Å². The molecule has 2 heterocycles. The van der Waals surface area contributed by atoms with Crippen LogP contribution in [-0.2, 0) is 9.59 Å². The lowest BCUT2D eigenvalue weighted by Crippen LogP contribution is -2.39. The molecule has 0 bridgehead atoms. The first-order valence-corrected chi connectivity index (χ1v) is 10.7. The number of anilines is 1. The number of nitro benzene ring substituents is 1. The second-order valence-electron chi connectivity index (χ2n) is 8.20. The van der Waals surface area contributed by atoms with E-state index < -0.39 is 16.7 Å². The van der Waals surface area contributed by atoms with Crippen molar-refractivity contribution in [1.82, 2.24) is 4.90 Å². The lowest BCUT2D eigenvalue weighted by atomic mass is 9.97. The fourth-order valence-electron chi connectivity index (χ4n) is 4.40. The number of carbonyl (C=O) groups excluding carboxylic acids is 2. The summed E-state index contributed by atoms with van der Waals surface area (Å²) in [5.74, 6) is 0.243. The van der Waals surface area contributed by atoms with Gasteiger partial charge in [0, 0.05) is 31.3 Å². The van der Waals surface area contributed by atoms with Crippen molar-refractivity contribution < 1.29 is 24.0 Å². The standard InChI is InChI=1S/C24H25N3O6/c1-15-5-4-12-25(14-15)22-21(16-6-8-17(9-7-16)27(30)31)23(28)26(24(22)29)19-13-18(32-2)10-11-20(19)33-3/h6-11,13,15H,4-5,12,14H2,1-3H3. The molecule has 9 heteroatoms. The SMILES string of the molecule is COc1ccc(OC)c(N2C(=O)C(c3ccc([N+](=O)[O-])cc3)=C(N3CCCC(C)C3)C2=O)c1. The molecule has 0 spiro atoms. The van der Waals surface area contributed by atoms with Gasteiger partial charge in [0.1, 0.15) is 17.2 Å². The lowest BCUT2D eigenvalue weighted by molar-refractivity contribution is -0.384. The molecule has 2 amide bonds. The summed E-state index contributed by atoms with van der Waals surface area (Å²) >= 11 is 0. The molecular weight excluding hydrogens is 426 g/mol. The second kappa shape index (κ2) is 8.93. The fraction of sp³-hybridized carbons (Fsp3) is 0.333. The van der Waals surface area contributed by atoms with Crippen LogP contribution in [0.1, 0.15) is 25.3 Å². The van der Waals surface area contributed by atoms with E-state index in [2.05, 4.69) is 6.92 Å². The van der Waals surface area contributed by atoms with E-state index in [0.29, 0.717) is 41.8 Å². The molecule has 1 saturated heterocycles. The van der Waals surface area contributed by atoms with Gasteiger partial charge in [0.2, 0.25) is 0 Å². The third-order valence-electron chi connectivity index (χ3n) is 6.03. The molecule has 2 aromatic carbocycles. The minimum atomic E-state index is -0.506. The van der Waals surface area contributed by atoms with Crippen LogP contribution in [0.2, 0.25) is 0 Å². The van der Waals surface area contributed by atoms with Crippen LogP contribution in [0.4, 0.5) is 11.4 Å². The van der Waals surface area contributed by atoms with Gasteiger partial charge in [0.15, 0.2) is 0 Å². The highest BCUT2D eigenvalue weighted by Crippen LogP contribution is 2.41. The van der Waals surface area contributed by atoms with E-state index in [0.717, 1.165) is 17.7 Å². The molecule has 1 atom stereocenters. The normalized spacial score (nSPS) is 18.7. The molecule has 9 nitrogen and oxygen atoms in total. The monoisotopic (exact) mass is 451 g/mol. The van der Waals surface area contributed by atoms with Gasteiger partial charge in [-0.15, -0.1) is 0 Å². The number of non-ortho nitro benzene ring substituents is 1. The summed E-state index contributed by atoms with van der Waals surface area (Å²) in [7, 11) is 2.97.